The molecule has 6 heteroatoms. The Labute approximate surface area is 157 Å². The van der Waals surface area contributed by atoms with E-state index in [1.54, 1.807) is 18.2 Å². The van der Waals surface area contributed by atoms with Gasteiger partial charge in [0.2, 0.25) is 0 Å². The Morgan fingerprint density at radius 2 is 1.81 bits per heavy atom. The lowest BCUT2D eigenvalue weighted by molar-refractivity contribution is 0.101. The summed E-state index contributed by atoms with van der Waals surface area (Å²) in [6, 6.07) is 10.8. The van der Waals surface area contributed by atoms with Crippen LogP contribution in [-0.4, -0.2) is 36.9 Å². The van der Waals surface area contributed by atoms with Gasteiger partial charge in [-0.25, -0.2) is 8.78 Å². The van der Waals surface area contributed by atoms with Crippen molar-refractivity contribution in [1.82, 2.24) is 4.90 Å². The third-order valence-corrected chi connectivity index (χ3v) is 5.14. The average Bonchev–Trinajstić information content (AvgIpc) is 2.67. The van der Waals surface area contributed by atoms with Crippen LogP contribution in [0.4, 0.5) is 14.5 Å². The zero-order chi connectivity index (χ0) is 19.6. The van der Waals surface area contributed by atoms with E-state index in [0.29, 0.717) is 42.9 Å². The van der Waals surface area contributed by atoms with E-state index in [9.17, 15) is 18.8 Å². The minimum Gasteiger partial charge on any atom is -0.368 e. The zero-order valence-corrected chi connectivity index (χ0v) is 15.4. The molecule has 1 aliphatic heterocycles. The van der Waals surface area contributed by atoms with Crippen molar-refractivity contribution in [3.63, 3.8) is 0 Å². The number of rotatable bonds is 4. The van der Waals surface area contributed by atoms with E-state index in [1.165, 1.54) is 19.1 Å². The van der Waals surface area contributed by atoms with E-state index in [4.69, 9.17) is 0 Å². The molecule has 2 aromatic carbocycles. The Balaban J connectivity index is 1.75. The summed E-state index contributed by atoms with van der Waals surface area (Å²) in [5.41, 5.74) is 2.34. The molecule has 0 bridgehead atoms. The van der Waals surface area contributed by atoms with Crippen LogP contribution in [0.2, 0.25) is 0 Å². The van der Waals surface area contributed by atoms with Gasteiger partial charge in [0.1, 0.15) is 17.7 Å². The fourth-order valence-electron chi connectivity index (χ4n) is 3.49. The maximum atomic E-state index is 14.1. The summed E-state index contributed by atoms with van der Waals surface area (Å²) < 4.78 is 27.2. The summed E-state index contributed by atoms with van der Waals surface area (Å²) in [6.07, 6.45) is 0. The van der Waals surface area contributed by atoms with Crippen molar-refractivity contribution in [2.24, 2.45) is 0 Å². The molecule has 0 spiro atoms. The molecule has 1 unspecified atom stereocenters. The second-order valence-electron chi connectivity index (χ2n) is 6.76. The van der Waals surface area contributed by atoms with Crippen molar-refractivity contribution in [3.8, 4) is 6.07 Å². The van der Waals surface area contributed by atoms with Crippen LogP contribution in [0.1, 0.15) is 41.4 Å². The van der Waals surface area contributed by atoms with Crippen molar-refractivity contribution in [1.29, 1.82) is 5.26 Å². The molecule has 0 aromatic heterocycles. The molecule has 4 nitrogen and oxygen atoms in total. The van der Waals surface area contributed by atoms with Gasteiger partial charge in [0.05, 0.1) is 11.3 Å². The molecule has 27 heavy (non-hydrogen) atoms. The molecule has 1 saturated heterocycles. The Morgan fingerprint density at radius 1 is 1.11 bits per heavy atom. The summed E-state index contributed by atoms with van der Waals surface area (Å²) in [7, 11) is 0. The van der Waals surface area contributed by atoms with Gasteiger partial charge < -0.3 is 4.90 Å². The molecule has 0 N–H and O–H groups in total. The lowest BCUT2D eigenvalue weighted by atomic mass is 10.0. The first-order valence-electron chi connectivity index (χ1n) is 8.89. The first-order valence-corrected chi connectivity index (χ1v) is 8.89. The summed E-state index contributed by atoms with van der Waals surface area (Å²) in [6.45, 7) is 6.07. The van der Waals surface area contributed by atoms with Gasteiger partial charge >= 0.3 is 0 Å². The quantitative estimate of drug-likeness (QED) is 0.767. The molecule has 0 saturated carbocycles. The van der Waals surface area contributed by atoms with Crippen LogP contribution < -0.4 is 4.90 Å². The van der Waals surface area contributed by atoms with Gasteiger partial charge in [-0.3, -0.25) is 9.69 Å². The SMILES string of the molecule is CC(=O)c1ccc(C#N)c(N2CCN(C(C)c3ccc(F)cc3F)CC2)c1. The molecule has 3 rings (SSSR count). The Bertz CT molecular complexity index is 899. The summed E-state index contributed by atoms with van der Waals surface area (Å²) in [5.74, 6) is -1.16. The molecular formula is C21H21F2N3O. The highest BCUT2D eigenvalue weighted by molar-refractivity contribution is 5.95. The van der Waals surface area contributed by atoms with Gasteiger partial charge in [-0.05, 0) is 38.1 Å². The Hall–Kier alpha value is -2.78. The number of hydrogen-bond acceptors (Lipinski definition) is 4. The van der Waals surface area contributed by atoms with Crippen molar-refractivity contribution in [3.05, 3.63) is 64.7 Å². The van der Waals surface area contributed by atoms with Gasteiger partial charge in [0.25, 0.3) is 0 Å². The number of piperazine rings is 1. The topological polar surface area (TPSA) is 47.3 Å². The van der Waals surface area contributed by atoms with Crippen molar-refractivity contribution in [2.45, 2.75) is 19.9 Å². The van der Waals surface area contributed by atoms with Crippen LogP contribution in [0.25, 0.3) is 0 Å². The van der Waals surface area contributed by atoms with Gasteiger partial charge in [-0.1, -0.05) is 6.07 Å². The molecule has 0 amide bonds. The normalized spacial score (nSPS) is 16.0. The van der Waals surface area contributed by atoms with Crippen molar-refractivity contribution >= 4 is 11.5 Å². The number of hydrogen-bond donors (Lipinski definition) is 0. The summed E-state index contributed by atoms with van der Waals surface area (Å²) in [4.78, 5) is 15.9. The molecule has 140 valence electrons. The molecule has 1 heterocycles. The fourth-order valence-corrected chi connectivity index (χ4v) is 3.49. The summed E-state index contributed by atoms with van der Waals surface area (Å²) >= 11 is 0. The predicted octanol–water partition coefficient (Wildman–Crippen LogP) is 3.92. The van der Waals surface area contributed by atoms with Crippen LogP contribution in [0.3, 0.4) is 0 Å². The number of carbonyl (C=O) groups is 1. The van der Waals surface area contributed by atoms with Gasteiger partial charge in [0.15, 0.2) is 5.78 Å². The largest absolute Gasteiger partial charge is 0.368 e. The zero-order valence-electron chi connectivity index (χ0n) is 15.4. The molecule has 2 aromatic rings. The number of carbonyl (C=O) groups excluding carboxylic acids is 1. The van der Waals surface area contributed by atoms with Gasteiger partial charge in [0, 0.05) is 49.4 Å². The number of Topliss-reactive ketones (excluding diaryl/α,β-unsaturated/α-hetero) is 1. The number of halogens is 2. The lowest BCUT2D eigenvalue weighted by Gasteiger charge is -2.39. The van der Waals surface area contributed by atoms with Crippen molar-refractivity contribution < 1.29 is 13.6 Å². The predicted molar refractivity (Wildman–Crippen MR) is 99.7 cm³/mol. The molecule has 1 fully saturated rings. The van der Waals surface area contributed by atoms with E-state index < -0.39 is 11.6 Å². The monoisotopic (exact) mass is 369 g/mol. The van der Waals surface area contributed by atoms with Crippen LogP contribution >= 0.6 is 0 Å². The third kappa shape index (κ3) is 3.99. The summed E-state index contributed by atoms with van der Waals surface area (Å²) in [5, 5.41) is 9.38. The maximum Gasteiger partial charge on any atom is 0.159 e. The number of ketones is 1. The number of benzene rings is 2. The highest BCUT2D eigenvalue weighted by Gasteiger charge is 2.25. The first-order chi connectivity index (χ1) is 12.9. The van der Waals surface area contributed by atoms with E-state index in [0.717, 1.165) is 11.8 Å². The first kappa shape index (κ1) is 19.0. The smallest absolute Gasteiger partial charge is 0.159 e. The molecule has 0 aliphatic carbocycles. The second-order valence-corrected chi connectivity index (χ2v) is 6.76. The minimum absolute atomic E-state index is 0.0419. The van der Waals surface area contributed by atoms with E-state index in [-0.39, 0.29) is 11.8 Å². The highest BCUT2D eigenvalue weighted by atomic mass is 19.1. The van der Waals surface area contributed by atoms with Gasteiger partial charge in [-0.2, -0.15) is 5.26 Å². The minimum atomic E-state index is -0.581. The highest BCUT2D eigenvalue weighted by Crippen LogP contribution is 2.28. The van der Waals surface area contributed by atoms with Crippen LogP contribution in [0.15, 0.2) is 36.4 Å². The molecular weight excluding hydrogens is 348 g/mol. The third-order valence-electron chi connectivity index (χ3n) is 5.14. The number of nitriles is 1. The second kappa shape index (κ2) is 7.85. The molecule has 1 aliphatic rings. The van der Waals surface area contributed by atoms with Crippen molar-refractivity contribution in [2.75, 3.05) is 31.1 Å². The molecule has 1 atom stereocenters. The maximum absolute atomic E-state index is 14.1. The van der Waals surface area contributed by atoms with Crippen LogP contribution in [-0.2, 0) is 0 Å². The van der Waals surface area contributed by atoms with Gasteiger partial charge in [-0.15, -0.1) is 0 Å². The van der Waals surface area contributed by atoms with E-state index in [2.05, 4.69) is 15.9 Å². The average molecular weight is 369 g/mol. The number of nitrogens with zero attached hydrogens (tertiary/aromatic N) is 3. The molecule has 0 radical (unpaired) electrons. The van der Waals surface area contributed by atoms with E-state index >= 15 is 0 Å². The van der Waals surface area contributed by atoms with E-state index in [1.807, 2.05) is 6.92 Å². The standard InChI is InChI=1S/C21H21F2N3O/c1-14(19-6-5-18(22)12-20(19)23)25-7-9-26(10-8-25)21-11-16(15(2)27)3-4-17(21)13-24/h3-6,11-12,14H,7-10H2,1-2H3. The van der Waals surface area contributed by atoms with Crippen LogP contribution in [0, 0.1) is 23.0 Å². The Kier molecular flexibility index (Phi) is 5.52. The van der Waals surface area contributed by atoms with Crippen LogP contribution in [0.5, 0.6) is 0 Å². The Morgan fingerprint density at radius 3 is 2.41 bits per heavy atom. The fraction of sp³-hybridized carbons (Fsp3) is 0.333. The number of anilines is 1. The lowest BCUT2D eigenvalue weighted by Crippen LogP contribution is -2.47.